The lowest BCUT2D eigenvalue weighted by Crippen LogP contribution is -2.61. The van der Waals surface area contributed by atoms with Crippen LogP contribution in [0.25, 0.3) is 10.8 Å². The highest BCUT2D eigenvalue weighted by Crippen LogP contribution is 2.45. The van der Waals surface area contributed by atoms with Crippen LogP contribution in [0.1, 0.15) is 46.5 Å². The summed E-state index contributed by atoms with van der Waals surface area (Å²) in [5.41, 5.74) is -2.36. The first kappa shape index (κ1) is 35.9. The van der Waals surface area contributed by atoms with E-state index in [0.29, 0.717) is 24.0 Å². The van der Waals surface area contributed by atoms with Gasteiger partial charge < -0.3 is 25.0 Å². The molecule has 5 amide bonds. The lowest BCUT2D eigenvalue weighted by Gasteiger charge is -2.36. The van der Waals surface area contributed by atoms with E-state index in [-0.39, 0.29) is 25.3 Å². The first-order valence-electron chi connectivity index (χ1n) is 16.0. The second-order valence-corrected chi connectivity index (χ2v) is 15.8. The fraction of sp³-hybridized carbons (Fsp3) is 0.545. The SMILES string of the molecule is C=C[C@@H]1C[C@]1(NC(=O)[C@@H]1CC(Oc2nccc3cc(OC)ccc23)CN1C(=O)[C@@H](NC(=O)N(C)OC)C(C)(C)C)C(=O)NS(=O)(=O)C1CC1. The Hall–Kier alpha value is -4.44. The van der Waals surface area contributed by atoms with Crippen molar-refractivity contribution < 1.29 is 41.9 Å². The second-order valence-electron chi connectivity index (χ2n) is 13.8. The number of methoxy groups -OCH3 is 1. The fourth-order valence-electron chi connectivity index (χ4n) is 6.01. The third-order valence-corrected chi connectivity index (χ3v) is 11.1. The van der Waals surface area contributed by atoms with Gasteiger partial charge in [-0.05, 0) is 54.3 Å². The van der Waals surface area contributed by atoms with Crippen LogP contribution < -0.4 is 24.8 Å². The molecule has 2 heterocycles. The zero-order valence-electron chi connectivity index (χ0n) is 28.5. The van der Waals surface area contributed by atoms with Crippen molar-refractivity contribution >= 4 is 44.5 Å². The van der Waals surface area contributed by atoms with Crippen LogP contribution in [-0.4, -0.2) is 104 Å². The van der Waals surface area contributed by atoms with E-state index in [2.05, 4.69) is 26.9 Å². The molecule has 1 aliphatic heterocycles. The fourth-order valence-corrected chi connectivity index (χ4v) is 7.38. The Morgan fingerprint density at radius 1 is 1.16 bits per heavy atom. The number of nitrogens with zero attached hydrogens (tertiary/aromatic N) is 3. The van der Waals surface area contributed by atoms with Crippen LogP contribution in [0, 0.1) is 11.3 Å². The van der Waals surface area contributed by atoms with Gasteiger partial charge in [0.05, 0.1) is 26.0 Å². The highest BCUT2D eigenvalue weighted by molar-refractivity contribution is 7.91. The standard InChI is InChI=1S/C33H44N6O9S/c1-8-20-17-33(20,30(42)37-49(44,45)23-10-11-23)36-27(40)25-16-22(48-28-24-12-9-21(46-6)15-19(24)13-14-34-28)18-39(25)29(41)26(32(2,3)4)35-31(43)38(5)47-7/h8-9,12-15,20,22-23,25-26H,1,10-11,16-18H2,2-7H3,(H,35,43)(H,36,40)(H,37,42)/t20-,22?,25+,26-,33-/m1/s1. The number of pyridine rings is 1. The molecule has 3 N–H and O–H groups in total. The summed E-state index contributed by atoms with van der Waals surface area (Å²) in [7, 11) is 0.371. The van der Waals surface area contributed by atoms with Crippen molar-refractivity contribution in [2.75, 3.05) is 27.8 Å². The predicted octanol–water partition coefficient (Wildman–Crippen LogP) is 1.88. The lowest BCUT2D eigenvalue weighted by molar-refractivity contribution is -0.143. The lowest BCUT2D eigenvalue weighted by atomic mass is 9.85. The Balaban J connectivity index is 1.45. The van der Waals surface area contributed by atoms with Gasteiger partial charge in [-0.2, -0.15) is 0 Å². The number of fused-ring (bicyclic) bond motifs is 1. The monoisotopic (exact) mass is 700 g/mol. The molecule has 0 radical (unpaired) electrons. The van der Waals surface area contributed by atoms with Gasteiger partial charge in [0.15, 0.2) is 0 Å². The Kier molecular flexibility index (Phi) is 9.85. The van der Waals surface area contributed by atoms with Gasteiger partial charge in [-0.1, -0.05) is 26.8 Å². The second kappa shape index (κ2) is 13.5. The quantitative estimate of drug-likeness (QED) is 0.218. The van der Waals surface area contributed by atoms with Crippen molar-refractivity contribution in [2.24, 2.45) is 11.3 Å². The molecule has 1 unspecified atom stereocenters. The third-order valence-electron chi connectivity index (χ3n) is 9.25. The largest absolute Gasteiger partial charge is 0.497 e. The summed E-state index contributed by atoms with van der Waals surface area (Å²) < 4.78 is 39.1. The number of hydroxylamine groups is 2. The minimum absolute atomic E-state index is 0.0193. The molecule has 266 valence electrons. The highest BCUT2D eigenvalue weighted by atomic mass is 32.2. The first-order valence-corrected chi connectivity index (χ1v) is 17.6. The molecule has 1 aromatic heterocycles. The molecule has 16 heteroatoms. The molecule has 2 saturated carbocycles. The van der Waals surface area contributed by atoms with Crippen LogP contribution in [0.15, 0.2) is 43.1 Å². The van der Waals surface area contributed by atoms with Crippen molar-refractivity contribution in [1.29, 1.82) is 0 Å². The third kappa shape index (κ3) is 7.44. The summed E-state index contributed by atoms with van der Waals surface area (Å²) in [5, 5.41) is 7.27. The van der Waals surface area contributed by atoms with Crippen LogP contribution in [0.3, 0.4) is 0 Å². The maximum Gasteiger partial charge on any atom is 0.341 e. The van der Waals surface area contributed by atoms with Gasteiger partial charge in [0.25, 0.3) is 5.91 Å². The van der Waals surface area contributed by atoms with Crippen molar-refractivity contribution in [1.82, 2.24) is 30.3 Å². The first-order chi connectivity index (χ1) is 23.0. The van der Waals surface area contributed by atoms with Gasteiger partial charge in [0, 0.05) is 31.0 Å². The summed E-state index contributed by atoms with van der Waals surface area (Å²) in [6.45, 7) is 9.02. The maximum atomic E-state index is 14.4. The van der Waals surface area contributed by atoms with E-state index in [1.165, 1.54) is 25.1 Å². The molecule has 5 atom stereocenters. The number of hydrogen-bond donors (Lipinski definition) is 3. The number of amides is 5. The number of carbonyl (C=O) groups excluding carboxylic acids is 4. The van der Waals surface area contributed by atoms with Gasteiger partial charge in [0.2, 0.25) is 27.7 Å². The Morgan fingerprint density at radius 3 is 2.47 bits per heavy atom. The van der Waals surface area contributed by atoms with E-state index in [0.717, 1.165) is 10.4 Å². The number of sulfonamides is 1. The molecule has 2 aliphatic carbocycles. The molecule has 1 saturated heterocycles. The molecule has 49 heavy (non-hydrogen) atoms. The summed E-state index contributed by atoms with van der Waals surface area (Å²) in [6, 6.07) is 4.29. The van der Waals surface area contributed by atoms with Crippen LogP contribution in [-0.2, 0) is 29.2 Å². The van der Waals surface area contributed by atoms with Gasteiger partial charge in [-0.3, -0.25) is 23.9 Å². The van der Waals surface area contributed by atoms with E-state index in [1.54, 1.807) is 52.3 Å². The smallest absolute Gasteiger partial charge is 0.341 e. The molecule has 1 aromatic carbocycles. The number of urea groups is 1. The van der Waals surface area contributed by atoms with E-state index < -0.39 is 74.1 Å². The van der Waals surface area contributed by atoms with Gasteiger partial charge in [-0.25, -0.2) is 23.3 Å². The Bertz CT molecular complexity index is 1760. The normalized spacial score (nSPS) is 24.0. The number of carbonyl (C=O) groups is 4. The van der Waals surface area contributed by atoms with Gasteiger partial charge in [-0.15, -0.1) is 6.58 Å². The van der Waals surface area contributed by atoms with Crippen LogP contribution >= 0.6 is 0 Å². The number of benzene rings is 1. The molecule has 0 spiro atoms. The molecular weight excluding hydrogens is 656 g/mol. The van der Waals surface area contributed by atoms with Crippen LogP contribution in [0.2, 0.25) is 0 Å². The Labute approximate surface area is 285 Å². The number of hydrogen-bond acceptors (Lipinski definition) is 10. The minimum atomic E-state index is -3.89. The topological polar surface area (TPSA) is 186 Å². The average Bonchev–Trinajstić information content (AvgIpc) is 3.98. The van der Waals surface area contributed by atoms with E-state index in [1.807, 2.05) is 6.07 Å². The summed E-state index contributed by atoms with van der Waals surface area (Å²) in [5.74, 6) is -1.67. The molecular formula is C33H44N6O9S. The molecule has 2 aromatic rings. The van der Waals surface area contributed by atoms with Crippen molar-refractivity contribution in [3.63, 3.8) is 0 Å². The van der Waals surface area contributed by atoms with Crippen LogP contribution in [0.5, 0.6) is 11.6 Å². The maximum absolute atomic E-state index is 14.4. The van der Waals surface area contributed by atoms with Crippen molar-refractivity contribution in [3.8, 4) is 11.6 Å². The van der Waals surface area contributed by atoms with Crippen LogP contribution in [0.4, 0.5) is 4.79 Å². The number of nitrogens with one attached hydrogen (secondary N) is 3. The van der Waals surface area contributed by atoms with Gasteiger partial charge >= 0.3 is 6.03 Å². The summed E-state index contributed by atoms with van der Waals surface area (Å²) in [6.07, 6.45) is 3.43. The molecule has 5 rings (SSSR count). The Morgan fingerprint density at radius 2 is 1.88 bits per heavy atom. The van der Waals surface area contributed by atoms with E-state index in [9.17, 15) is 27.6 Å². The average molecular weight is 701 g/mol. The van der Waals surface area contributed by atoms with Crippen molar-refractivity contribution in [2.45, 2.75) is 75.4 Å². The molecule has 0 bridgehead atoms. The highest BCUT2D eigenvalue weighted by Gasteiger charge is 2.62. The van der Waals surface area contributed by atoms with E-state index >= 15 is 0 Å². The molecule has 3 fully saturated rings. The summed E-state index contributed by atoms with van der Waals surface area (Å²) in [4.78, 5) is 65.5. The number of rotatable bonds is 12. The molecule has 3 aliphatic rings. The number of aromatic nitrogens is 1. The minimum Gasteiger partial charge on any atom is -0.497 e. The predicted molar refractivity (Wildman–Crippen MR) is 179 cm³/mol. The van der Waals surface area contributed by atoms with E-state index in [4.69, 9.17) is 14.3 Å². The molecule has 15 nitrogen and oxygen atoms in total. The van der Waals surface area contributed by atoms with Gasteiger partial charge in [0.1, 0.15) is 29.5 Å². The summed E-state index contributed by atoms with van der Waals surface area (Å²) >= 11 is 0. The number of likely N-dealkylation sites (tertiary alicyclic amines) is 1. The zero-order valence-corrected chi connectivity index (χ0v) is 29.3. The number of ether oxygens (including phenoxy) is 2. The van der Waals surface area contributed by atoms with Crippen molar-refractivity contribution in [3.05, 3.63) is 43.1 Å². The zero-order chi connectivity index (χ0) is 35.9.